The van der Waals surface area contributed by atoms with Crippen molar-refractivity contribution in [2.45, 2.75) is 48.5 Å². The van der Waals surface area contributed by atoms with Gasteiger partial charge in [0.25, 0.3) is 5.91 Å². The van der Waals surface area contributed by atoms with Gasteiger partial charge < -0.3 is 14.6 Å². The summed E-state index contributed by atoms with van der Waals surface area (Å²) in [6.45, 7) is 5.51. The number of carbonyl (C=O) groups excluding carboxylic acids is 3. The molecule has 0 radical (unpaired) electrons. The number of thiophene rings is 1. The van der Waals surface area contributed by atoms with Crippen molar-refractivity contribution in [1.29, 1.82) is 0 Å². The number of H-pyrrole nitrogens is 2. The van der Waals surface area contributed by atoms with Crippen molar-refractivity contribution < 1.29 is 23.6 Å². The molecule has 5 aromatic rings. The molecule has 0 aliphatic heterocycles. The number of esters is 1. The highest BCUT2D eigenvalue weighted by Crippen LogP contribution is 2.38. The number of Topliss-reactive ketones (excluding diaryl/α,β-unsaturated/α-hetero) is 1. The predicted molar refractivity (Wildman–Crippen MR) is 158 cm³/mol. The number of ether oxygens (including phenoxy) is 1. The molecular weight excluding hydrogens is 544 g/mol. The number of nitrogens with one attached hydrogen (secondary N) is 3. The van der Waals surface area contributed by atoms with Crippen LogP contribution < -0.4 is 5.32 Å². The smallest absolute Gasteiger partial charge is 0.359 e. The molecule has 41 heavy (non-hydrogen) atoms. The molecule has 12 heteroatoms. The number of hydrogen-bond acceptors (Lipinski definition) is 9. The molecular formula is C29H34N6O5S. The van der Waals surface area contributed by atoms with Crippen LogP contribution >= 0.6 is 11.3 Å². The average molecular weight is 579 g/mol. The summed E-state index contributed by atoms with van der Waals surface area (Å²) in [4.78, 5) is 36.9. The molecule has 0 saturated carbocycles. The number of aromatic nitrogens is 5. The van der Waals surface area contributed by atoms with Crippen LogP contribution in [-0.2, 0) is 16.0 Å². The highest BCUT2D eigenvalue weighted by atomic mass is 32.1. The van der Waals surface area contributed by atoms with Gasteiger partial charge in [-0.25, -0.2) is 4.79 Å². The van der Waals surface area contributed by atoms with Crippen LogP contribution in [0.4, 0.5) is 5.82 Å². The Bertz CT molecular complexity index is 1650. The largest absolute Gasteiger partial charge is 0.451 e. The van der Waals surface area contributed by atoms with E-state index in [1.54, 1.807) is 42.5 Å². The van der Waals surface area contributed by atoms with Gasteiger partial charge >= 0.3 is 5.97 Å². The van der Waals surface area contributed by atoms with Gasteiger partial charge in [0.2, 0.25) is 0 Å². The Labute approximate surface area is 241 Å². The maximum absolute atomic E-state index is 12.2. The lowest BCUT2D eigenvalue weighted by Crippen LogP contribution is -2.26. The van der Waals surface area contributed by atoms with Crippen LogP contribution in [-0.4, -0.2) is 49.8 Å². The first-order chi connectivity index (χ1) is 18.7. The summed E-state index contributed by atoms with van der Waals surface area (Å²) >= 11 is 1.62. The number of aromatic amines is 2. The summed E-state index contributed by atoms with van der Waals surface area (Å²) in [6, 6.07) is 12.7. The number of anilines is 1. The van der Waals surface area contributed by atoms with Gasteiger partial charge in [-0.2, -0.15) is 10.2 Å². The normalized spacial score (nSPS) is 13.2. The lowest BCUT2D eigenvalue weighted by atomic mass is 9.75. The molecule has 216 valence electrons. The van der Waals surface area contributed by atoms with Crippen LogP contribution in [0.1, 0.15) is 67.4 Å². The number of rotatable bonds is 5. The molecule has 0 bridgehead atoms. The van der Waals surface area contributed by atoms with Crippen LogP contribution in [0.15, 0.2) is 52.4 Å². The van der Waals surface area contributed by atoms with Crippen molar-refractivity contribution >= 4 is 45.7 Å². The molecule has 1 amide bonds. The molecule has 11 nitrogen and oxygen atoms in total. The maximum atomic E-state index is 12.2. The number of para-hydroxylation sites is 1. The molecule has 1 aliphatic carbocycles. The van der Waals surface area contributed by atoms with Crippen LogP contribution in [0.2, 0.25) is 0 Å². The van der Waals surface area contributed by atoms with Crippen molar-refractivity contribution in [1.82, 2.24) is 25.6 Å². The van der Waals surface area contributed by atoms with E-state index in [4.69, 9.17) is 9.26 Å². The quantitative estimate of drug-likeness (QED) is 0.208. The fourth-order valence-corrected chi connectivity index (χ4v) is 5.11. The SMILES string of the molecule is C.C.CC1(C)CC(=O)c2c(-c3cccs3)n[nH]c2C1.Cc1cc(NC(=O)COC(=O)c2n[nH]c3ccccc23)no1. The fourth-order valence-electron chi connectivity index (χ4n) is 4.38. The van der Waals surface area contributed by atoms with E-state index >= 15 is 0 Å². The molecule has 1 aliphatic rings. The van der Waals surface area contributed by atoms with Crippen molar-refractivity contribution in [2.75, 3.05) is 11.9 Å². The second kappa shape index (κ2) is 12.7. The highest BCUT2D eigenvalue weighted by molar-refractivity contribution is 7.13. The Morgan fingerprint density at radius 3 is 2.59 bits per heavy atom. The number of hydrogen-bond donors (Lipinski definition) is 3. The van der Waals surface area contributed by atoms with E-state index in [0.29, 0.717) is 17.6 Å². The first-order valence-corrected chi connectivity index (χ1v) is 13.1. The number of ketones is 1. The third kappa shape index (κ3) is 6.95. The molecule has 0 spiro atoms. The van der Waals surface area contributed by atoms with E-state index < -0.39 is 18.5 Å². The van der Waals surface area contributed by atoms with Gasteiger partial charge in [0.05, 0.1) is 16.0 Å². The van der Waals surface area contributed by atoms with Gasteiger partial charge in [-0.1, -0.05) is 58.1 Å². The van der Waals surface area contributed by atoms with Crippen molar-refractivity contribution in [3.63, 3.8) is 0 Å². The van der Waals surface area contributed by atoms with Crippen LogP contribution in [0.3, 0.4) is 0 Å². The van der Waals surface area contributed by atoms with Gasteiger partial charge in [-0.3, -0.25) is 19.8 Å². The van der Waals surface area contributed by atoms with Crippen LogP contribution in [0.25, 0.3) is 21.5 Å². The molecule has 0 unspecified atom stereocenters. The van der Waals surface area contributed by atoms with E-state index in [2.05, 4.69) is 44.7 Å². The lowest BCUT2D eigenvalue weighted by Gasteiger charge is -2.27. The minimum Gasteiger partial charge on any atom is -0.451 e. The molecule has 0 atom stereocenters. The zero-order chi connectivity index (χ0) is 27.6. The Morgan fingerprint density at radius 2 is 1.88 bits per heavy atom. The average Bonchev–Trinajstić information content (AvgIpc) is 3.69. The summed E-state index contributed by atoms with van der Waals surface area (Å²) in [5.74, 6) is -0.141. The molecule has 6 rings (SSSR count). The molecule has 4 aromatic heterocycles. The number of amides is 1. The second-order valence-electron chi connectivity index (χ2n) is 9.91. The van der Waals surface area contributed by atoms with E-state index in [-0.39, 0.29) is 37.6 Å². The van der Waals surface area contributed by atoms with Gasteiger partial charge in [-0.15, -0.1) is 11.3 Å². The van der Waals surface area contributed by atoms with Crippen molar-refractivity contribution in [2.24, 2.45) is 5.41 Å². The maximum Gasteiger partial charge on any atom is 0.359 e. The summed E-state index contributed by atoms with van der Waals surface area (Å²) in [5.41, 5.74) is 3.54. The van der Waals surface area contributed by atoms with Gasteiger partial charge in [0.15, 0.2) is 23.9 Å². The topological polar surface area (TPSA) is 156 Å². The van der Waals surface area contributed by atoms with Crippen LogP contribution in [0.5, 0.6) is 0 Å². The first-order valence-electron chi connectivity index (χ1n) is 12.2. The minimum absolute atomic E-state index is 0. The number of aryl methyl sites for hydroxylation is 1. The predicted octanol–water partition coefficient (Wildman–Crippen LogP) is 6.22. The Morgan fingerprint density at radius 1 is 1.10 bits per heavy atom. The second-order valence-corrected chi connectivity index (χ2v) is 10.9. The van der Waals surface area contributed by atoms with Gasteiger partial charge in [0, 0.05) is 23.6 Å². The van der Waals surface area contributed by atoms with Crippen LogP contribution in [0, 0.1) is 12.3 Å². The fraction of sp³-hybridized carbons (Fsp3) is 0.310. The number of carbonyl (C=O) groups is 3. The van der Waals surface area contributed by atoms with E-state index in [1.807, 2.05) is 23.6 Å². The highest BCUT2D eigenvalue weighted by Gasteiger charge is 2.35. The third-order valence-corrected chi connectivity index (χ3v) is 6.94. The number of nitrogens with zero attached hydrogens (tertiary/aromatic N) is 3. The molecule has 4 heterocycles. The van der Waals surface area contributed by atoms with Crippen molar-refractivity contribution in [3.05, 3.63) is 70.6 Å². The summed E-state index contributed by atoms with van der Waals surface area (Å²) in [5, 5.41) is 22.7. The molecule has 0 saturated heterocycles. The number of benzene rings is 1. The third-order valence-electron chi connectivity index (χ3n) is 6.06. The zero-order valence-electron chi connectivity index (χ0n) is 21.5. The number of fused-ring (bicyclic) bond motifs is 2. The van der Waals surface area contributed by atoms with E-state index in [0.717, 1.165) is 33.8 Å². The molecule has 1 aromatic carbocycles. The van der Waals surface area contributed by atoms with Gasteiger partial charge in [-0.05, 0) is 36.3 Å². The first kappa shape index (κ1) is 31.0. The lowest BCUT2D eigenvalue weighted by molar-refractivity contribution is -0.119. The Balaban J connectivity index is 0.000000221. The summed E-state index contributed by atoms with van der Waals surface area (Å²) in [6.07, 6.45) is 1.50. The standard InChI is InChI=1S/C14H12N4O4.C13H14N2OS.2CH4/c1-8-6-11(18-22-8)15-12(19)7-21-14(20)13-9-4-2-3-5-10(9)16-17-13;1-13(2)6-8-11(9(16)7-13)12(15-14-8)10-4-3-5-17-10;;/h2-6H,7H2,1H3,(H,16,17)(H,15,18,19);3-5H,6-7H2,1-2H3,(H,14,15);2*1H4. The molecule has 0 fully saturated rings. The zero-order valence-corrected chi connectivity index (χ0v) is 22.3. The summed E-state index contributed by atoms with van der Waals surface area (Å²) in [7, 11) is 0. The monoisotopic (exact) mass is 578 g/mol. The Kier molecular flexibility index (Phi) is 9.61. The minimum atomic E-state index is -0.677. The van der Waals surface area contributed by atoms with E-state index in [1.165, 1.54) is 0 Å². The summed E-state index contributed by atoms with van der Waals surface area (Å²) < 4.78 is 9.75. The Hall–Kier alpha value is -4.58. The van der Waals surface area contributed by atoms with Gasteiger partial charge in [0.1, 0.15) is 11.5 Å². The van der Waals surface area contributed by atoms with E-state index in [9.17, 15) is 14.4 Å². The molecule has 3 N–H and O–H groups in total. The van der Waals surface area contributed by atoms with Crippen molar-refractivity contribution in [3.8, 4) is 10.6 Å².